The highest BCUT2D eigenvalue weighted by atomic mass is 127. The van der Waals surface area contributed by atoms with Gasteiger partial charge in [-0.05, 0) is 17.7 Å². The Morgan fingerprint density at radius 2 is 1.62 bits per heavy atom. The van der Waals surface area contributed by atoms with Crippen molar-refractivity contribution in [2.24, 2.45) is 4.99 Å². The van der Waals surface area contributed by atoms with Crippen LogP contribution in [0.3, 0.4) is 0 Å². The van der Waals surface area contributed by atoms with Gasteiger partial charge in [0.2, 0.25) is 5.75 Å². The molecule has 2 aromatic rings. The standard InChI is InChI=1S/C19H24N4O5.HI/c1-20-19(22-12-14-7-5-6-8-15(14)23(24)25)21-11-13-9-16(26-2)18(28-4)17(10-13)27-3;/h5-10H,11-12H2,1-4H3,(H2,20,21,22);1H. The molecule has 158 valence electrons. The number of halogens is 1. The Morgan fingerprint density at radius 1 is 1.03 bits per heavy atom. The molecular weight excluding hydrogens is 491 g/mol. The summed E-state index contributed by atoms with van der Waals surface area (Å²) in [5.74, 6) is 2.14. The summed E-state index contributed by atoms with van der Waals surface area (Å²) in [6.07, 6.45) is 0. The molecule has 0 fully saturated rings. The van der Waals surface area contributed by atoms with Crippen molar-refractivity contribution in [3.05, 3.63) is 57.6 Å². The summed E-state index contributed by atoms with van der Waals surface area (Å²) in [6.45, 7) is 0.708. The molecule has 0 saturated carbocycles. The van der Waals surface area contributed by atoms with E-state index in [0.717, 1.165) is 5.56 Å². The topological polar surface area (TPSA) is 107 Å². The summed E-state index contributed by atoms with van der Waals surface area (Å²) in [5, 5.41) is 17.4. The zero-order valence-corrected chi connectivity index (χ0v) is 19.1. The number of para-hydroxylation sites is 1. The highest BCUT2D eigenvalue weighted by Crippen LogP contribution is 2.38. The van der Waals surface area contributed by atoms with Gasteiger partial charge in [0.1, 0.15) is 0 Å². The van der Waals surface area contributed by atoms with Crippen molar-refractivity contribution in [2.75, 3.05) is 28.4 Å². The highest BCUT2D eigenvalue weighted by molar-refractivity contribution is 14.0. The first-order chi connectivity index (χ1) is 13.5. The van der Waals surface area contributed by atoms with Crippen LogP contribution in [0.15, 0.2) is 41.4 Å². The van der Waals surface area contributed by atoms with Crippen LogP contribution in [0.4, 0.5) is 5.69 Å². The maximum absolute atomic E-state index is 11.1. The fraction of sp³-hybridized carbons (Fsp3) is 0.316. The second-order valence-corrected chi connectivity index (χ2v) is 5.70. The Kier molecular flexibility index (Phi) is 10.00. The molecule has 0 unspecified atom stereocenters. The lowest BCUT2D eigenvalue weighted by atomic mass is 10.1. The predicted octanol–water partition coefficient (Wildman–Crippen LogP) is 3.10. The molecule has 0 aliphatic rings. The molecule has 0 aliphatic carbocycles. The number of rotatable bonds is 8. The third-order valence-corrected chi connectivity index (χ3v) is 4.04. The van der Waals surface area contributed by atoms with Crippen molar-refractivity contribution in [1.82, 2.24) is 10.6 Å². The lowest BCUT2D eigenvalue weighted by Gasteiger charge is -2.16. The summed E-state index contributed by atoms with van der Waals surface area (Å²) in [7, 11) is 6.29. The first-order valence-electron chi connectivity index (χ1n) is 8.49. The van der Waals surface area contributed by atoms with Gasteiger partial charge in [-0.25, -0.2) is 0 Å². The number of aliphatic imine (C=N–C) groups is 1. The minimum atomic E-state index is -0.400. The molecular formula is C19H25IN4O5. The Hall–Kier alpha value is -2.76. The van der Waals surface area contributed by atoms with E-state index in [1.165, 1.54) is 6.07 Å². The van der Waals surface area contributed by atoms with Gasteiger partial charge in [0.15, 0.2) is 17.5 Å². The Labute approximate surface area is 186 Å². The fourth-order valence-corrected chi connectivity index (χ4v) is 2.66. The van der Waals surface area contributed by atoms with E-state index < -0.39 is 4.92 Å². The molecule has 2 N–H and O–H groups in total. The minimum absolute atomic E-state index is 0. The van der Waals surface area contributed by atoms with E-state index in [2.05, 4.69) is 15.6 Å². The fourth-order valence-electron chi connectivity index (χ4n) is 2.66. The number of hydrogen-bond acceptors (Lipinski definition) is 6. The minimum Gasteiger partial charge on any atom is -0.493 e. The number of benzene rings is 2. The third kappa shape index (κ3) is 6.38. The van der Waals surface area contributed by atoms with Gasteiger partial charge < -0.3 is 24.8 Å². The van der Waals surface area contributed by atoms with Crippen molar-refractivity contribution in [3.8, 4) is 17.2 Å². The quantitative estimate of drug-likeness (QED) is 0.183. The number of nitro benzene ring substituents is 1. The van der Waals surface area contributed by atoms with Crippen molar-refractivity contribution in [2.45, 2.75) is 13.1 Å². The molecule has 0 saturated heterocycles. The molecule has 0 amide bonds. The van der Waals surface area contributed by atoms with E-state index in [1.54, 1.807) is 46.6 Å². The average molecular weight is 516 g/mol. The predicted molar refractivity (Wildman–Crippen MR) is 122 cm³/mol. The van der Waals surface area contributed by atoms with Crippen LogP contribution in [0.25, 0.3) is 0 Å². The monoisotopic (exact) mass is 516 g/mol. The number of ether oxygens (including phenoxy) is 3. The number of nitrogens with one attached hydrogen (secondary N) is 2. The second kappa shape index (κ2) is 11.9. The summed E-state index contributed by atoms with van der Waals surface area (Å²) >= 11 is 0. The SMILES string of the molecule is CN=C(NCc1cc(OC)c(OC)c(OC)c1)NCc1ccccc1[N+](=O)[O-].I. The van der Waals surface area contributed by atoms with E-state index in [-0.39, 0.29) is 36.2 Å². The molecule has 0 aromatic heterocycles. The summed E-state index contributed by atoms with van der Waals surface area (Å²) in [4.78, 5) is 14.9. The Morgan fingerprint density at radius 3 is 2.14 bits per heavy atom. The summed E-state index contributed by atoms with van der Waals surface area (Å²) in [5.41, 5.74) is 1.53. The maximum Gasteiger partial charge on any atom is 0.274 e. The number of methoxy groups -OCH3 is 3. The number of nitro groups is 1. The van der Waals surface area contributed by atoms with Crippen LogP contribution >= 0.6 is 24.0 Å². The first kappa shape index (κ1) is 24.3. The van der Waals surface area contributed by atoms with Crippen LogP contribution < -0.4 is 24.8 Å². The molecule has 0 atom stereocenters. The number of guanidine groups is 1. The molecule has 0 bridgehead atoms. The van der Waals surface area contributed by atoms with Gasteiger partial charge in [0.25, 0.3) is 5.69 Å². The summed E-state index contributed by atoms with van der Waals surface area (Å²) < 4.78 is 16.0. The van der Waals surface area contributed by atoms with Gasteiger partial charge in [0, 0.05) is 31.8 Å². The number of hydrogen-bond donors (Lipinski definition) is 2. The smallest absolute Gasteiger partial charge is 0.274 e. The normalized spacial score (nSPS) is 10.6. The van der Waals surface area contributed by atoms with E-state index >= 15 is 0 Å². The third-order valence-electron chi connectivity index (χ3n) is 4.04. The number of nitrogens with zero attached hydrogens (tertiary/aromatic N) is 2. The molecule has 10 heteroatoms. The van der Waals surface area contributed by atoms with E-state index in [0.29, 0.717) is 35.3 Å². The van der Waals surface area contributed by atoms with Crippen molar-refractivity contribution in [1.29, 1.82) is 0 Å². The summed E-state index contributed by atoms with van der Waals surface area (Å²) in [6, 6.07) is 10.3. The Bertz CT molecular complexity index is 835. The van der Waals surface area contributed by atoms with Crippen LogP contribution in [0.5, 0.6) is 17.2 Å². The van der Waals surface area contributed by atoms with Crippen LogP contribution in [-0.4, -0.2) is 39.3 Å². The second-order valence-electron chi connectivity index (χ2n) is 5.70. The zero-order chi connectivity index (χ0) is 20.5. The zero-order valence-electron chi connectivity index (χ0n) is 16.7. The van der Waals surface area contributed by atoms with Crippen molar-refractivity contribution in [3.63, 3.8) is 0 Å². The van der Waals surface area contributed by atoms with Crippen LogP contribution in [-0.2, 0) is 13.1 Å². The van der Waals surface area contributed by atoms with Crippen LogP contribution in [0.2, 0.25) is 0 Å². The van der Waals surface area contributed by atoms with Crippen LogP contribution in [0.1, 0.15) is 11.1 Å². The molecule has 0 spiro atoms. The Balaban J connectivity index is 0.00000420. The highest BCUT2D eigenvalue weighted by Gasteiger charge is 2.14. The molecule has 2 rings (SSSR count). The lowest BCUT2D eigenvalue weighted by molar-refractivity contribution is -0.385. The van der Waals surface area contributed by atoms with E-state index in [1.807, 2.05) is 12.1 Å². The largest absolute Gasteiger partial charge is 0.493 e. The van der Waals surface area contributed by atoms with Gasteiger partial charge in [-0.2, -0.15) is 0 Å². The molecule has 2 aromatic carbocycles. The van der Waals surface area contributed by atoms with Gasteiger partial charge in [-0.3, -0.25) is 15.1 Å². The van der Waals surface area contributed by atoms with E-state index in [9.17, 15) is 10.1 Å². The van der Waals surface area contributed by atoms with Crippen molar-refractivity contribution < 1.29 is 19.1 Å². The molecule has 0 aliphatic heterocycles. The molecule has 0 heterocycles. The van der Waals surface area contributed by atoms with Crippen LogP contribution in [0, 0.1) is 10.1 Å². The van der Waals surface area contributed by atoms with Gasteiger partial charge in [0.05, 0.1) is 26.3 Å². The van der Waals surface area contributed by atoms with E-state index in [4.69, 9.17) is 14.2 Å². The lowest BCUT2D eigenvalue weighted by Crippen LogP contribution is -2.36. The molecule has 0 radical (unpaired) electrons. The average Bonchev–Trinajstić information content (AvgIpc) is 2.73. The van der Waals surface area contributed by atoms with Gasteiger partial charge >= 0.3 is 0 Å². The molecule has 29 heavy (non-hydrogen) atoms. The molecule has 9 nitrogen and oxygen atoms in total. The van der Waals surface area contributed by atoms with Crippen molar-refractivity contribution >= 4 is 35.6 Å². The maximum atomic E-state index is 11.1. The van der Waals surface area contributed by atoms with Gasteiger partial charge in [-0.15, -0.1) is 24.0 Å². The van der Waals surface area contributed by atoms with Gasteiger partial charge in [-0.1, -0.05) is 18.2 Å². The first-order valence-corrected chi connectivity index (χ1v) is 8.49.